The van der Waals surface area contributed by atoms with E-state index in [1.54, 1.807) is 36.4 Å². The van der Waals surface area contributed by atoms with Crippen LogP contribution in [-0.2, 0) is 28.4 Å². The van der Waals surface area contributed by atoms with Crippen LogP contribution in [0.2, 0.25) is 0 Å². The van der Waals surface area contributed by atoms with Crippen molar-refractivity contribution in [3.63, 3.8) is 0 Å². The molecule has 3 aromatic heterocycles. The molecule has 21 atom stereocenters. The van der Waals surface area contributed by atoms with Crippen LogP contribution < -0.4 is 0 Å². The summed E-state index contributed by atoms with van der Waals surface area (Å²) in [7, 11) is 0. The second-order valence-corrected chi connectivity index (χ2v) is 18.3. The first-order valence-electron chi connectivity index (χ1n) is 21.8. The minimum Gasteiger partial charge on any atom is -0.469 e. The Bertz CT molecular complexity index is 1820. The average Bonchev–Trinajstić information content (AvgIpc) is 4.12. The first kappa shape index (κ1) is 49.5. The molecule has 3 aliphatic carbocycles. The average molecular weight is 940 g/mol. The van der Waals surface area contributed by atoms with Gasteiger partial charge in [-0.25, -0.2) is 0 Å². The lowest BCUT2D eigenvalue weighted by Crippen LogP contribution is -2.60. The Morgan fingerprint density at radius 1 is 0.409 bits per heavy atom. The summed E-state index contributed by atoms with van der Waals surface area (Å²) in [5.41, 5.74) is 0. The van der Waals surface area contributed by atoms with Crippen LogP contribution in [0.4, 0.5) is 0 Å². The number of hydrogen-bond donors (Lipinski definition) is 6. The first-order valence-corrected chi connectivity index (χ1v) is 21.8. The standard InChI is InChI=1S/3C14H19NO7/c3*1-6(2)14-21-12-9(15(18)19)8(7-4-3-5-20-7)10(16)11(17)13(12)22-14/h3*3-6,8-14,16-17H,1-2H3/t3*8-,9-,10-,11-,12+,13-,14+/m111/s1. The topological polar surface area (TPSA) is 346 Å². The van der Waals surface area contributed by atoms with E-state index in [1.165, 1.54) is 18.8 Å². The third kappa shape index (κ3) is 9.25. The SMILES string of the molecule is CC(C)[C@@H]1O[C@@H]2[C@H](O)[C@H](O)[C@H](c3ccco3)[C@@H]([N+](=O)[O-])[C@@H]2O1.CC(C)[C@@H]1O[C@@H]2[C@H](O)[C@H](O)[C@H](c3ccco3)[C@@H]([N+](=O)[O-])[C@@H]2O1.CC(C)[C@@H]1O[C@@H]2[C@H](O)[C@H](O)[C@H](c3ccco3)[C@@H]([N+](=O)[O-])[C@@H]2O1. The second-order valence-electron chi connectivity index (χ2n) is 18.3. The van der Waals surface area contributed by atoms with Gasteiger partial charge in [-0.05, 0) is 36.4 Å². The molecule has 3 aliphatic heterocycles. The summed E-state index contributed by atoms with van der Waals surface area (Å²) in [5, 5.41) is 96.6. The second kappa shape index (κ2) is 20.0. The van der Waals surface area contributed by atoms with Crippen molar-refractivity contribution in [2.24, 2.45) is 17.8 Å². The first-order chi connectivity index (χ1) is 31.2. The Balaban J connectivity index is 0.000000147. The van der Waals surface area contributed by atoms with Crippen molar-refractivity contribution in [1.82, 2.24) is 0 Å². The minimum absolute atomic E-state index is 0.0237. The van der Waals surface area contributed by atoms with E-state index in [9.17, 15) is 61.0 Å². The Morgan fingerprint density at radius 3 is 0.818 bits per heavy atom. The quantitative estimate of drug-likeness (QED) is 0.131. The largest absolute Gasteiger partial charge is 0.469 e. The lowest BCUT2D eigenvalue weighted by molar-refractivity contribution is -0.547. The summed E-state index contributed by atoms with van der Waals surface area (Å²) in [5.74, 6) is -2.28. The fourth-order valence-corrected chi connectivity index (χ4v) is 9.73. The third-order valence-electron chi connectivity index (χ3n) is 13.0. The van der Waals surface area contributed by atoms with Gasteiger partial charge < -0.3 is 72.3 Å². The van der Waals surface area contributed by atoms with E-state index < -0.39 is 143 Å². The van der Waals surface area contributed by atoms with Gasteiger partial charge in [0, 0.05) is 32.5 Å². The zero-order chi connectivity index (χ0) is 48.0. The molecule has 3 aromatic rings. The molecule has 0 amide bonds. The maximum atomic E-state index is 11.6. The molecule has 3 saturated carbocycles. The van der Waals surface area contributed by atoms with Crippen molar-refractivity contribution in [3.8, 4) is 0 Å². The molecule has 0 bridgehead atoms. The fraction of sp³-hybridized carbons (Fsp3) is 0.714. The van der Waals surface area contributed by atoms with Crippen molar-refractivity contribution in [3.05, 3.63) is 103 Å². The predicted molar refractivity (Wildman–Crippen MR) is 218 cm³/mol. The number of rotatable bonds is 9. The highest BCUT2D eigenvalue weighted by molar-refractivity contribution is 5.20. The van der Waals surface area contributed by atoms with Gasteiger partial charge in [0.2, 0.25) is 0 Å². The molecule has 0 radical (unpaired) electrons. The van der Waals surface area contributed by atoms with Crippen molar-refractivity contribution in [1.29, 1.82) is 0 Å². The van der Waals surface area contributed by atoms with Crippen LogP contribution in [0.3, 0.4) is 0 Å². The molecule has 6 aliphatic rings. The number of fused-ring (bicyclic) bond motifs is 3. The molecule has 6 N–H and O–H groups in total. The maximum Gasteiger partial charge on any atom is 0.254 e. The number of aliphatic hydroxyl groups is 6. The summed E-state index contributed by atoms with van der Waals surface area (Å²) in [6.45, 7) is 11.1. The molecule has 6 heterocycles. The lowest BCUT2D eigenvalue weighted by atomic mass is 9.76. The summed E-state index contributed by atoms with van der Waals surface area (Å²) >= 11 is 0. The highest BCUT2D eigenvalue weighted by atomic mass is 16.8. The molecule has 66 heavy (non-hydrogen) atoms. The fourth-order valence-electron chi connectivity index (χ4n) is 9.73. The van der Waals surface area contributed by atoms with Gasteiger partial charge >= 0.3 is 0 Å². The molecule has 0 aromatic carbocycles. The number of nitrogens with zero attached hydrogens (tertiary/aromatic N) is 3. The van der Waals surface area contributed by atoms with E-state index in [0.29, 0.717) is 0 Å². The molecule has 0 unspecified atom stereocenters. The van der Waals surface area contributed by atoms with Crippen LogP contribution in [0.25, 0.3) is 0 Å². The molecule has 6 fully saturated rings. The highest BCUT2D eigenvalue weighted by Crippen LogP contribution is 2.46. The van der Waals surface area contributed by atoms with Crippen LogP contribution in [0.5, 0.6) is 0 Å². The van der Waals surface area contributed by atoms with Gasteiger partial charge in [0.1, 0.15) is 71.7 Å². The van der Waals surface area contributed by atoms with Gasteiger partial charge in [-0.2, -0.15) is 0 Å². The third-order valence-corrected chi connectivity index (χ3v) is 13.0. The minimum atomic E-state index is -1.36. The Kier molecular flexibility index (Phi) is 15.0. The maximum absolute atomic E-state index is 11.6. The molecule has 24 nitrogen and oxygen atoms in total. The Hall–Kier alpha value is -4.44. The van der Waals surface area contributed by atoms with Gasteiger partial charge in [-0.15, -0.1) is 0 Å². The Labute approximate surface area is 376 Å². The van der Waals surface area contributed by atoms with Gasteiger partial charge in [0.05, 0.1) is 37.1 Å². The monoisotopic (exact) mass is 939 g/mol. The van der Waals surface area contributed by atoms with Crippen LogP contribution in [0.1, 0.15) is 76.6 Å². The molecule has 24 heteroatoms. The van der Waals surface area contributed by atoms with Crippen LogP contribution >= 0.6 is 0 Å². The van der Waals surface area contributed by atoms with Crippen LogP contribution in [-0.4, -0.2) is 156 Å². The Morgan fingerprint density at radius 2 is 0.636 bits per heavy atom. The number of hydrogen-bond acceptors (Lipinski definition) is 21. The van der Waals surface area contributed by atoms with E-state index in [4.69, 9.17) is 41.7 Å². The van der Waals surface area contributed by atoms with E-state index in [1.807, 2.05) is 41.5 Å². The predicted octanol–water partition coefficient (Wildman–Crippen LogP) is 1.53. The van der Waals surface area contributed by atoms with Gasteiger partial charge in [-0.1, -0.05) is 41.5 Å². The van der Waals surface area contributed by atoms with Crippen molar-refractivity contribution < 1.29 is 87.1 Å². The molecule has 3 saturated heterocycles. The van der Waals surface area contributed by atoms with E-state index in [-0.39, 0.29) is 35.0 Å². The molecule has 9 rings (SSSR count). The van der Waals surface area contributed by atoms with E-state index >= 15 is 0 Å². The molecular weight excluding hydrogens is 882 g/mol. The summed E-state index contributed by atoms with van der Waals surface area (Å²) in [6, 6.07) is 5.64. The van der Waals surface area contributed by atoms with Gasteiger partial charge in [0.15, 0.2) is 37.2 Å². The van der Waals surface area contributed by atoms with Gasteiger partial charge in [0.25, 0.3) is 18.1 Å². The molecule has 0 spiro atoms. The normalized spacial score (nSPS) is 41.6. The van der Waals surface area contributed by atoms with E-state index in [0.717, 1.165) is 0 Å². The number of nitro groups is 3. The van der Waals surface area contributed by atoms with Crippen LogP contribution in [0.15, 0.2) is 68.4 Å². The summed E-state index contributed by atoms with van der Waals surface area (Å²) < 4.78 is 49.4. The van der Waals surface area contributed by atoms with Gasteiger partial charge in [-0.3, -0.25) is 30.3 Å². The smallest absolute Gasteiger partial charge is 0.254 e. The number of aliphatic hydroxyl groups excluding tert-OH is 6. The molecular formula is C42H57N3O21. The number of furan rings is 3. The van der Waals surface area contributed by atoms with E-state index in [2.05, 4.69) is 0 Å². The van der Waals surface area contributed by atoms with Crippen molar-refractivity contribution >= 4 is 0 Å². The highest BCUT2D eigenvalue weighted by Gasteiger charge is 2.65. The summed E-state index contributed by atoms with van der Waals surface area (Å²) in [6.07, 6.45) is -11.3. The lowest BCUT2D eigenvalue weighted by Gasteiger charge is -2.38. The van der Waals surface area contributed by atoms with Crippen molar-refractivity contribution in [2.45, 2.75) is 170 Å². The zero-order valence-electron chi connectivity index (χ0n) is 36.7. The molecule has 366 valence electrons. The van der Waals surface area contributed by atoms with Crippen LogP contribution in [0, 0.1) is 48.1 Å². The van der Waals surface area contributed by atoms with Crippen molar-refractivity contribution in [2.75, 3.05) is 0 Å². The zero-order valence-corrected chi connectivity index (χ0v) is 36.7. The summed E-state index contributed by atoms with van der Waals surface area (Å²) in [4.78, 5) is 33.2. The number of ether oxygens (including phenoxy) is 6.